The highest BCUT2D eigenvalue weighted by Crippen LogP contribution is 2.33. The number of pyridine rings is 1. The zero-order valence-corrected chi connectivity index (χ0v) is 13.3. The van der Waals surface area contributed by atoms with Crippen molar-refractivity contribution in [3.63, 3.8) is 0 Å². The first-order chi connectivity index (χ1) is 9.94. The molecule has 1 aliphatic carbocycles. The highest BCUT2D eigenvalue weighted by atomic mass is 79.9. The number of halogens is 3. The third kappa shape index (κ3) is 3.21. The van der Waals surface area contributed by atoms with Crippen LogP contribution < -0.4 is 5.32 Å². The molecular formula is C13H12BrF2N3OS. The predicted octanol–water partition coefficient (Wildman–Crippen LogP) is 3.76. The maximum Gasteiger partial charge on any atom is 0.271 e. The normalized spacial score (nSPS) is 18.8. The number of carbonyl (C=O) groups is 1. The van der Waals surface area contributed by atoms with Crippen LogP contribution >= 0.6 is 27.5 Å². The summed E-state index contributed by atoms with van der Waals surface area (Å²) in [4.78, 5) is 17.1. The molecule has 2 aromatic heterocycles. The summed E-state index contributed by atoms with van der Waals surface area (Å²) in [5.74, 6) is -2.92. The molecule has 21 heavy (non-hydrogen) atoms. The lowest BCUT2D eigenvalue weighted by molar-refractivity contribution is -0.0399. The fourth-order valence-corrected chi connectivity index (χ4v) is 3.45. The second-order valence-electron chi connectivity index (χ2n) is 5.14. The SMILES string of the molecule is O=C(NC1CCC(F)(F)CC1)c1nsc2ncc(Br)cc12. The standard InChI is InChI=1S/C13H12BrF2N3OS/c14-7-5-9-10(19-21-12(9)17-6-7)11(20)18-8-1-3-13(15,16)4-2-8/h5-6,8H,1-4H2,(H,18,20). The van der Waals surface area contributed by atoms with Crippen molar-refractivity contribution in [2.45, 2.75) is 37.6 Å². The molecule has 0 radical (unpaired) electrons. The summed E-state index contributed by atoms with van der Waals surface area (Å²) >= 11 is 4.46. The molecule has 4 nitrogen and oxygen atoms in total. The van der Waals surface area contributed by atoms with Crippen LogP contribution in [-0.2, 0) is 0 Å². The van der Waals surface area contributed by atoms with Crippen molar-refractivity contribution >= 4 is 43.6 Å². The van der Waals surface area contributed by atoms with Gasteiger partial charge in [-0.2, -0.15) is 4.37 Å². The van der Waals surface area contributed by atoms with E-state index < -0.39 is 5.92 Å². The molecule has 1 fully saturated rings. The predicted molar refractivity (Wildman–Crippen MR) is 79.8 cm³/mol. The lowest BCUT2D eigenvalue weighted by atomic mass is 9.92. The molecule has 8 heteroatoms. The molecule has 0 spiro atoms. The Kier molecular flexibility index (Phi) is 3.92. The van der Waals surface area contributed by atoms with E-state index in [1.807, 2.05) is 0 Å². The Labute approximate surface area is 132 Å². The van der Waals surface area contributed by atoms with Gasteiger partial charge in [0.05, 0.1) is 0 Å². The van der Waals surface area contributed by atoms with E-state index in [1.54, 1.807) is 12.3 Å². The van der Waals surface area contributed by atoms with E-state index in [2.05, 4.69) is 30.6 Å². The van der Waals surface area contributed by atoms with Gasteiger partial charge < -0.3 is 5.32 Å². The van der Waals surface area contributed by atoms with Crippen molar-refractivity contribution < 1.29 is 13.6 Å². The first kappa shape index (κ1) is 14.8. The molecule has 3 rings (SSSR count). The summed E-state index contributed by atoms with van der Waals surface area (Å²) in [5.41, 5.74) is 0.307. The van der Waals surface area contributed by atoms with Crippen molar-refractivity contribution in [3.05, 3.63) is 22.4 Å². The van der Waals surface area contributed by atoms with Crippen LogP contribution in [0.3, 0.4) is 0 Å². The number of carbonyl (C=O) groups excluding carboxylic acids is 1. The topological polar surface area (TPSA) is 54.9 Å². The van der Waals surface area contributed by atoms with Crippen LogP contribution in [0.15, 0.2) is 16.7 Å². The number of aromatic nitrogens is 2. The molecule has 2 heterocycles. The maximum atomic E-state index is 13.1. The second kappa shape index (κ2) is 5.57. The fourth-order valence-electron chi connectivity index (χ4n) is 2.41. The van der Waals surface area contributed by atoms with Gasteiger partial charge in [-0.25, -0.2) is 13.8 Å². The van der Waals surface area contributed by atoms with E-state index >= 15 is 0 Å². The van der Waals surface area contributed by atoms with Gasteiger partial charge in [-0.15, -0.1) is 0 Å². The summed E-state index contributed by atoms with van der Waals surface area (Å²) < 4.78 is 31.1. The van der Waals surface area contributed by atoms with Gasteiger partial charge in [0.1, 0.15) is 4.83 Å². The van der Waals surface area contributed by atoms with Gasteiger partial charge in [0.2, 0.25) is 5.92 Å². The summed E-state index contributed by atoms with van der Waals surface area (Å²) in [7, 11) is 0. The first-order valence-corrected chi connectivity index (χ1v) is 8.11. The van der Waals surface area contributed by atoms with Gasteiger partial charge in [0.25, 0.3) is 5.91 Å². The Morgan fingerprint density at radius 2 is 2.14 bits per heavy atom. The molecule has 0 saturated heterocycles. The van der Waals surface area contributed by atoms with E-state index in [-0.39, 0.29) is 24.8 Å². The Bertz CT molecular complexity index is 681. The number of rotatable bonds is 2. The number of fused-ring (bicyclic) bond motifs is 1. The average Bonchev–Trinajstić information content (AvgIpc) is 2.84. The van der Waals surface area contributed by atoms with Crippen molar-refractivity contribution in [2.24, 2.45) is 0 Å². The smallest absolute Gasteiger partial charge is 0.271 e. The van der Waals surface area contributed by atoms with Crippen LogP contribution in [0.25, 0.3) is 10.2 Å². The molecule has 1 saturated carbocycles. The number of nitrogens with one attached hydrogen (secondary N) is 1. The van der Waals surface area contributed by atoms with Gasteiger partial charge in [-0.3, -0.25) is 4.79 Å². The zero-order chi connectivity index (χ0) is 15.0. The van der Waals surface area contributed by atoms with Crippen molar-refractivity contribution in [3.8, 4) is 0 Å². The number of alkyl halides is 2. The molecule has 0 atom stereocenters. The van der Waals surface area contributed by atoms with Gasteiger partial charge in [-0.1, -0.05) is 0 Å². The van der Waals surface area contributed by atoms with E-state index in [4.69, 9.17) is 0 Å². The number of hydrogen-bond donors (Lipinski definition) is 1. The molecule has 1 amide bonds. The van der Waals surface area contributed by atoms with Crippen LogP contribution in [0, 0.1) is 0 Å². The van der Waals surface area contributed by atoms with Crippen LogP contribution in [0.4, 0.5) is 8.78 Å². The van der Waals surface area contributed by atoms with Gasteiger partial charge >= 0.3 is 0 Å². The van der Waals surface area contributed by atoms with Crippen LogP contribution in [-0.4, -0.2) is 27.2 Å². The molecular weight excluding hydrogens is 364 g/mol. The largest absolute Gasteiger partial charge is 0.348 e. The molecule has 0 bridgehead atoms. The molecule has 1 aliphatic rings. The average molecular weight is 376 g/mol. The molecule has 0 aliphatic heterocycles. The Hall–Kier alpha value is -1.15. The monoisotopic (exact) mass is 375 g/mol. The lowest BCUT2D eigenvalue weighted by Gasteiger charge is -2.28. The molecule has 0 aromatic carbocycles. The minimum atomic E-state index is -2.59. The van der Waals surface area contributed by atoms with E-state index in [1.165, 1.54) is 0 Å². The third-order valence-electron chi connectivity index (χ3n) is 3.56. The Morgan fingerprint density at radius 1 is 1.43 bits per heavy atom. The van der Waals surface area contributed by atoms with Crippen LogP contribution in [0.1, 0.15) is 36.2 Å². The molecule has 0 unspecified atom stereocenters. The van der Waals surface area contributed by atoms with Crippen molar-refractivity contribution in [1.82, 2.24) is 14.7 Å². The molecule has 1 N–H and O–H groups in total. The molecule has 112 valence electrons. The van der Waals surface area contributed by atoms with E-state index in [9.17, 15) is 13.6 Å². The molecule has 2 aromatic rings. The van der Waals surface area contributed by atoms with Crippen molar-refractivity contribution in [1.29, 1.82) is 0 Å². The summed E-state index contributed by atoms with van der Waals surface area (Å²) in [6.07, 6.45) is 1.88. The Morgan fingerprint density at radius 3 is 2.86 bits per heavy atom. The highest BCUT2D eigenvalue weighted by Gasteiger charge is 2.35. The number of nitrogens with zero attached hydrogens (tertiary/aromatic N) is 2. The van der Waals surface area contributed by atoms with Crippen LogP contribution in [0.2, 0.25) is 0 Å². The third-order valence-corrected chi connectivity index (χ3v) is 4.77. The minimum Gasteiger partial charge on any atom is -0.348 e. The van der Waals surface area contributed by atoms with Gasteiger partial charge in [0, 0.05) is 34.9 Å². The summed E-state index contributed by atoms with van der Waals surface area (Å²) in [5, 5.41) is 3.47. The van der Waals surface area contributed by atoms with E-state index in [0.29, 0.717) is 28.8 Å². The number of hydrogen-bond acceptors (Lipinski definition) is 4. The first-order valence-electron chi connectivity index (χ1n) is 6.54. The second-order valence-corrected chi connectivity index (χ2v) is 6.81. The maximum absolute atomic E-state index is 13.1. The minimum absolute atomic E-state index is 0.178. The fraction of sp³-hybridized carbons (Fsp3) is 0.462. The highest BCUT2D eigenvalue weighted by molar-refractivity contribution is 9.10. The zero-order valence-electron chi connectivity index (χ0n) is 10.9. The van der Waals surface area contributed by atoms with Gasteiger partial charge in [-0.05, 0) is 46.4 Å². The number of amides is 1. The summed E-state index contributed by atoms with van der Waals surface area (Å²) in [6, 6.07) is 1.57. The lowest BCUT2D eigenvalue weighted by Crippen LogP contribution is -2.40. The van der Waals surface area contributed by atoms with Crippen molar-refractivity contribution in [2.75, 3.05) is 0 Å². The summed E-state index contributed by atoms with van der Waals surface area (Å²) in [6.45, 7) is 0. The quantitative estimate of drug-likeness (QED) is 0.869. The van der Waals surface area contributed by atoms with Crippen LogP contribution in [0.5, 0.6) is 0 Å². The Balaban J connectivity index is 1.74. The van der Waals surface area contributed by atoms with Gasteiger partial charge in [0.15, 0.2) is 5.69 Å². The van der Waals surface area contributed by atoms with E-state index in [0.717, 1.165) is 16.0 Å².